The Kier molecular flexibility index (Phi) is 6.09. The van der Waals surface area contributed by atoms with E-state index in [1.165, 1.54) is 50.6 Å². The quantitative estimate of drug-likeness (QED) is 0.373. The first kappa shape index (κ1) is 23.9. The lowest BCUT2D eigenvalue weighted by molar-refractivity contribution is 0.203. The number of sulfone groups is 1. The molecular formula is C29H30N4O3S. The Morgan fingerprint density at radius 3 is 2.43 bits per heavy atom. The van der Waals surface area contributed by atoms with Crippen LogP contribution in [0.4, 0.5) is 11.5 Å². The van der Waals surface area contributed by atoms with Gasteiger partial charge in [-0.1, -0.05) is 24.3 Å². The summed E-state index contributed by atoms with van der Waals surface area (Å²) in [6, 6.07) is 19.6. The van der Waals surface area contributed by atoms with Crippen molar-refractivity contribution < 1.29 is 8.42 Å². The molecule has 2 fully saturated rings. The maximum absolute atomic E-state index is 12.7. The molecule has 0 radical (unpaired) electrons. The van der Waals surface area contributed by atoms with E-state index in [2.05, 4.69) is 27.3 Å². The molecule has 6 rings (SSSR count). The number of benzene rings is 2. The number of hydrogen-bond acceptors (Lipinski definition) is 6. The van der Waals surface area contributed by atoms with Crippen LogP contribution in [0.25, 0.3) is 22.0 Å². The minimum absolute atomic E-state index is 0.228. The van der Waals surface area contributed by atoms with Gasteiger partial charge >= 0.3 is 0 Å². The number of nitrogens with zero attached hydrogens (tertiary/aromatic N) is 2. The highest BCUT2D eigenvalue weighted by Gasteiger charge is 2.32. The summed E-state index contributed by atoms with van der Waals surface area (Å²) in [6.45, 7) is 2.36. The predicted molar refractivity (Wildman–Crippen MR) is 147 cm³/mol. The number of pyridine rings is 2. The number of H-pyrrole nitrogens is 1. The molecule has 2 aliphatic rings. The molecule has 8 heteroatoms. The molecule has 37 heavy (non-hydrogen) atoms. The molecule has 190 valence electrons. The molecule has 2 aromatic carbocycles. The molecule has 7 nitrogen and oxygen atoms in total. The van der Waals surface area contributed by atoms with E-state index in [1.54, 1.807) is 24.4 Å². The fourth-order valence-corrected chi connectivity index (χ4v) is 6.02. The molecule has 3 heterocycles. The van der Waals surface area contributed by atoms with Gasteiger partial charge in [-0.2, -0.15) is 0 Å². The van der Waals surface area contributed by atoms with E-state index >= 15 is 0 Å². The van der Waals surface area contributed by atoms with Crippen molar-refractivity contribution in [1.82, 2.24) is 14.9 Å². The van der Waals surface area contributed by atoms with Gasteiger partial charge in [0.25, 0.3) is 5.56 Å². The minimum atomic E-state index is -3.36. The maximum Gasteiger partial charge on any atom is 0.259 e. The molecule has 0 unspecified atom stereocenters. The Bertz CT molecular complexity index is 1620. The first-order chi connectivity index (χ1) is 17.8. The van der Waals surface area contributed by atoms with Crippen molar-refractivity contribution in [2.24, 2.45) is 0 Å². The summed E-state index contributed by atoms with van der Waals surface area (Å²) in [6.07, 6.45) is 7.90. The number of nitrogens with one attached hydrogen (secondary N) is 2. The van der Waals surface area contributed by atoms with Crippen molar-refractivity contribution in [1.29, 1.82) is 0 Å². The largest absolute Gasteiger partial charge is 0.340 e. The molecule has 4 aromatic rings. The zero-order valence-electron chi connectivity index (χ0n) is 20.8. The Morgan fingerprint density at radius 1 is 0.973 bits per heavy atom. The standard InChI is InChI=1S/C29H30N4O3S/c1-37(35,36)25-4-2-3-21(17-25)26-18-22-11-14-30-29(34)27(22)28(32-26)31-23-7-5-19(6-8-23)20-12-15-33(16-13-20)24-9-10-24/h2-8,11,14,17-18,20,24H,9-10,12-13,15-16H2,1H3,(H,30,34)(H,31,32). The summed E-state index contributed by atoms with van der Waals surface area (Å²) in [5.74, 6) is 1.01. The van der Waals surface area contributed by atoms with Crippen LogP contribution >= 0.6 is 0 Å². The van der Waals surface area contributed by atoms with Gasteiger partial charge in [-0.15, -0.1) is 0 Å². The number of aromatic nitrogens is 2. The minimum Gasteiger partial charge on any atom is -0.340 e. The van der Waals surface area contributed by atoms with Crippen molar-refractivity contribution in [3.05, 3.63) is 82.8 Å². The van der Waals surface area contributed by atoms with E-state index in [0.717, 1.165) is 17.1 Å². The summed E-state index contributed by atoms with van der Waals surface area (Å²) in [5, 5.41) is 4.53. The second kappa shape index (κ2) is 9.43. The molecule has 0 bridgehead atoms. The number of rotatable bonds is 6. The van der Waals surface area contributed by atoms with Gasteiger partial charge in [-0.05, 0) is 92.0 Å². The van der Waals surface area contributed by atoms with E-state index in [4.69, 9.17) is 4.98 Å². The average Bonchev–Trinajstić information content (AvgIpc) is 3.75. The Labute approximate surface area is 216 Å². The first-order valence-electron chi connectivity index (χ1n) is 12.8. The van der Waals surface area contributed by atoms with Crippen molar-refractivity contribution in [2.75, 3.05) is 24.7 Å². The lowest BCUT2D eigenvalue weighted by atomic mass is 9.89. The molecule has 0 spiro atoms. The van der Waals surface area contributed by atoms with Gasteiger partial charge in [0.2, 0.25) is 0 Å². The molecule has 2 N–H and O–H groups in total. The van der Waals surface area contributed by atoms with Crippen LogP contribution in [0.2, 0.25) is 0 Å². The second-order valence-corrected chi connectivity index (χ2v) is 12.2. The van der Waals surface area contributed by atoms with Crippen LogP contribution in [0, 0.1) is 0 Å². The van der Waals surface area contributed by atoms with Crippen LogP contribution in [-0.4, -0.2) is 48.7 Å². The number of hydrogen-bond donors (Lipinski definition) is 2. The Morgan fingerprint density at radius 2 is 1.73 bits per heavy atom. The normalized spacial score (nSPS) is 17.2. The third-order valence-corrected chi connectivity index (χ3v) is 8.66. The molecular weight excluding hydrogens is 484 g/mol. The zero-order valence-corrected chi connectivity index (χ0v) is 21.6. The first-order valence-corrected chi connectivity index (χ1v) is 14.7. The number of fused-ring (bicyclic) bond motifs is 1. The summed E-state index contributed by atoms with van der Waals surface area (Å²) in [4.78, 5) is 23.1. The fourth-order valence-electron chi connectivity index (χ4n) is 5.35. The Balaban J connectivity index is 1.30. The molecule has 1 aliphatic carbocycles. The van der Waals surface area contributed by atoms with Gasteiger partial charge < -0.3 is 15.2 Å². The summed E-state index contributed by atoms with van der Waals surface area (Å²) in [7, 11) is -3.36. The third kappa shape index (κ3) is 5.04. The molecule has 0 amide bonds. The highest BCUT2D eigenvalue weighted by molar-refractivity contribution is 7.90. The van der Waals surface area contributed by atoms with E-state index in [1.807, 2.05) is 30.3 Å². The average molecular weight is 515 g/mol. The van der Waals surface area contributed by atoms with Crippen LogP contribution < -0.4 is 10.9 Å². The van der Waals surface area contributed by atoms with E-state index in [-0.39, 0.29) is 10.5 Å². The second-order valence-electron chi connectivity index (χ2n) is 10.2. The third-order valence-electron chi connectivity index (χ3n) is 7.55. The van der Waals surface area contributed by atoms with Crippen molar-refractivity contribution in [3.63, 3.8) is 0 Å². The summed E-state index contributed by atoms with van der Waals surface area (Å²) < 4.78 is 24.2. The van der Waals surface area contributed by atoms with Gasteiger partial charge in [0, 0.05) is 29.7 Å². The predicted octanol–water partition coefficient (Wildman–Crippen LogP) is 5.08. The number of piperidine rings is 1. The molecule has 1 saturated carbocycles. The number of likely N-dealkylation sites (tertiary alicyclic amines) is 1. The monoisotopic (exact) mass is 514 g/mol. The molecule has 0 atom stereocenters. The molecule has 1 aliphatic heterocycles. The highest BCUT2D eigenvalue weighted by atomic mass is 32.2. The molecule has 2 aromatic heterocycles. The van der Waals surface area contributed by atoms with Gasteiger partial charge in [0.1, 0.15) is 5.82 Å². The van der Waals surface area contributed by atoms with Crippen molar-refractivity contribution in [3.8, 4) is 11.3 Å². The van der Waals surface area contributed by atoms with E-state index < -0.39 is 9.84 Å². The fraction of sp³-hybridized carbons (Fsp3) is 0.310. The highest BCUT2D eigenvalue weighted by Crippen LogP contribution is 2.35. The SMILES string of the molecule is CS(=O)(=O)c1cccc(-c2cc3cc[nH]c(=O)c3c(Nc3ccc(C4CCN(C5CC5)CC4)cc3)n2)c1. The summed E-state index contributed by atoms with van der Waals surface area (Å²) >= 11 is 0. The zero-order chi connectivity index (χ0) is 25.6. The number of aromatic amines is 1. The molecule has 1 saturated heterocycles. The maximum atomic E-state index is 12.7. The van der Waals surface area contributed by atoms with Gasteiger partial charge in [0.15, 0.2) is 9.84 Å². The lowest BCUT2D eigenvalue weighted by Crippen LogP contribution is -2.34. The number of anilines is 2. The van der Waals surface area contributed by atoms with Crippen LogP contribution in [0.1, 0.15) is 37.2 Å². The van der Waals surface area contributed by atoms with Crippen LogP contribution in [0.3, 0.4) is 0 Å². The summed E-state index contributed by atoms with van der Waals surface area (Å²) in [5.41, 5.74) is 3.22. The van der Waals surface area contributed by atoms with E-state index in [0.29, 0.717) is 28.4 Å². The Hall–Kier alpha value is -3.49. The van der Waals surface area contributed by atoms with Crippen LogP contribution in [0.15, 0.2) is 76.6 Å². The van der Waals surface area contributed by atoms with E-state index in [9.17, 15) is 13.2 Å². The van der Waals surface area contributed by atoms with Crippen LogP contribution in [-0.2, 0) is 9.84 Å². The van der Waals surface area contributed by atoms with Crippen LogP contribution in [0.5, 0.6) is 0 Å². The smallest absolute Gasteiger partial charge is 0.259 e. The van der Waals surface area contributed by atoms with Crippen molar-refractivity contribution in [2.45, 2.75) is 42.5 Å². The van der Waals surface area contributed by atoms with Gasteiger partial charge in [0.05, 0.1) is 16.0 Å². The van der Waals surface area contributed by atoms with Gasteiger partial charge in [-0.25, -0.2) is 13.4 Å². The topological polar surface area (TPSA) is 95.2 Å². The van der Waals surface area contributed by atoms with Crippen molar-refractivity contribution >= 4 is 32.1 Å². The van der Waals surface area contributed by atoms with Gasteiger partial charge in [-0.3, -0.25) is 4.79 Å². The lowest BCUT2D eigenvalue weighted by Gasteiger charge is -2.32.